The second-order valence-corrected chi connectivity index (χ2v) is 8.04. The predicted molar refractivity (Wildman–Crippen MR) is 112 cm³/mol. The molecule has 0 saturated heterocycles. The number of hydrogen-bond acceptors (Lipinski definition) is 6. The van der Waals surface area contributed by atoms with E-state index >= 15 is 0 Å². The van der Waals surface area contributed by atoms with Crippen molar-refractivity contribution in [1.82, 2.24) is 19.7 Å². The van der Waals surface area contributed by atoms with E-state index in [0.29, 0.717) is 26.9 Å². The van der Waals surface area contributed by atoms with Gasteiger partial charge >= 0.3 is 0 Å². The van der Waals surface area contributed by atoms with Crippen molar-refractivity contribution in [3.8, 4) is 11.3 Å². The van der Waals surface area contributed by atoms with Crippen LogP contribution in [0.25, 0.3) is 11.3 Å². The Kier molecular flexibility index (Phi) is 6.54. The number of aromatic nitrogens is 4. The largest absolute Gasteiger partial charge is 0.312 e. The van der Waals surface area contributed by atoms with E-state index in [1.54, 1.807) is 34.0 Å². The van der Waals surface area contributed by atoms with Gasteiger partial charge in [-0.25, -0.2) is 4.98 Å². The van der Waals surface area contributed by atoms with Crippen molar-refractivity contribution in [1.29, 1.82) is 0 Å². The van der Waals surface area contributed by atoms with Crippen LogP contribution in [0, 0.1) is 0 Å². The van der Waals surface area contributed by atoms with Crippen molar-refractivity contribution >= 4 is 57.3 Å². The van der Waals surface area contributed by atoms with E-state index in [-0.39, 0.29) is 11.7 Å². The van der Waals surface area contributed by atoms with E-state index in [4.69, 9.17) is 23.2 Å². The second kappa shape index (κ2) is 8.88. The van der Waals surface area contributed by atoms with Crippen LogP contribution in [0.15, 0.2) is 47.7 Å². The van der Waals surface area contributed by atoms with Gasteiger partial charge in [0, 0.05) is 24.5 Å². The van der Waals surface area contributed by atoms with Crippen molar-refractivity contribution < 1.29 is 4.79 Å². The zero-order valence-electron chi connectivity index (χ0n) is 14.3. The number of rotatable bonds is 7. The third-order valence-electron chi connectivity index (χ3n) is 3.55. The second-order valence-electron chi connectivity index (χ2n) is 5.45. The molecule has 0 radical (unpaired) electrons. The summed E-state index contributed by atoms with van der Waals surface area (Å²) in [6, 6.07) is 5.32. The van der Waals surface area contributed by atoms with E-state index in [9.17, 15) is 4.79 Å². The molecule has 6 nitrogen and oxygen atoms in total. The van der Waals surface area contributed by atoms with Crippen molar-refractivity contribution in [3.63, 3.8) is 0 Å². The Morgan fingerprint density at radius 1 is 1.41 bits per heavy atom. The van der Waals surface area contributed by atoms with Crippen LogP contribution in [0.3, 0.4) is 0 Å². The van der Waals surface area contributed by atoms with Crippen LogP contribution >= 0.6 is 46.3 Å². The topological polar surface area (TPSA) is 63.9 Å². The van der Waals surface area contributed by atoms with Gasteiger partial charge in [-0.15, -0.1) is 28.1 Å². The molecule has 1 amide bonds. The summed E-state index contributed by atoms with van der Waals surface area (Å²) in [6.07, 6.45) is 3.27. The maximum absolute atomic E-state index is 12.7. The van der Waals surface area contributed by atoms with E-state index in [1.807, 2.05) is 18.5 Å². The molecule has 0 N–H and O–H groups in total. The first-order valence-corrected chi connectivity index (χ1v) is 10.4. The molecule has 10 heteroatoms. The highest BCUT2D eigenvalue weighted by Gasteiger charge is 2.19. The maximum Gasteiger partial charge on any atom is 0.239 e. The molecule has 0 fully saturated rings. The number of carbonyl (C=O) groups excluding carboxylic acids is 1. The maximum atomic E-state index is 12.7. The number of thioether (sulfide) groups is 1. The molecule has 0 aliphatic rings. The minimum Gasteiger partial charge on any atom is -0.312 e. The molecule has 140 valence electrons. The highest BCUT2D eigenvalue weighted by Crippen LogP contribution is 2.32. The Morgan fingerprint density at radius 3 is 2.89 bits per heavy atom. The number of benzene rings is 1. The van der Waals surface area contributed by atoms with Gasteiger partial charge in [0.2, 0.25) is 5.91 Å². The number of nitrogens with zero attached hydrogens (tertiary/aromatic N) is 5. The van der Waals surface area contributed by atoms with Gasteiger partial charge in [0.25, 0.3) is 0 Å². The number of halogens is 2. The summed E-state index contributed by atoms with van der Waals surface area (Å²) in [4.78, 5) is 18.9. The van der Waals surface area contributed by atoms with E-state index in [1.165, 1.54) is 23.1 Å². The average Bonchev–Trinajstić information content (AvgIpc) is 3.29. The number of thiazole rings is 1. The van der Waals surface area contributed by atoms with Gasteiger partial charge in [-0.05, 0) is 12.1 Å². The normalized spacial score (nSPS) is 10.8. The van der Waals surface area contributed by atoms with Crippen LogP contribution < -0.4 is 4.90 Å². The average molecular weight is 440 g/mol. The number of amides is 1. The lowest BCUT2D eigenvalue weighted by Gasteiger charge is -2.17. The van der Waals surface area contributed by atoms with E-state index in [2.05, 4.69) is 21.8 Å². The fourth-order valence-corrected chi connectivity index (χ4v) is 4.12. The number of carbonyl (C=O) groups is 1. The Labute approximate surface area is 174 Å². The molecule has 0 bridgehead atoms. The van der Waals surface area contributed by atoms with Gasteiger partial charge in [-0.2, -0.15) is 0 Å². The van der Waals surface area contributed by atoms with Crippen LogP contribution in [-0.4, -0.2) is 38.0 Å². The summed E-state index contributed by atoms with van der Waals surface area (Å²) in [7, 11) is 1.83. The number of aryl methyl sites for hydroxylation is 1. The molecule has 1 aromatic carbocycles. The summed E-state index contributed by atoms with van der Waals surface area (Å²) >= 11 is 14.8. The SMILES string of the molecule is C=CCN(C(=O)CSc1nncn1C)c1nc(-c2ccc(Cl)c(Cl)c2)cs1. The minimum atomic E-state index is -0.0852. The molecule has 0 unspecified atom stereocenters. The lowest BCUT2D eigenvalue weighted by molar-refractivity contribution is -0.116. The summed E-state index contributed by atoms with van der Waals surface area (Å²) in [5, 5.41) is 11.9. The van der Waals surface area contributed by atoms with Crippen molar-refractivity contribution in [2.45, 2.75) is 5.16 Å². The van der Waals surface area contributed by atoms with Crippen molar-refractivity contribution in [2.75, 3.05) is 17.2 Å². The van der Waals surface area contributed by atoms with Gasteiger partial charge in [-0.1, -0.05) is 47.1 Å². The fourth-order valence-electron chi connectivity index (χ4n) is 2.20. The van der Waals surface area contributed by atoms with E-state index in [0.717, 1.165) is 11.3 Å². The van der Waals surface area contributed by atoms with Gasteiger partial charge in [0.15, 0.2) is 10.3 Å². The van der Waals surface area contributed by atoms with Gasteiger partial charge in [0.05, 0.1) is 21.5 Å². The fraction of sp³-hybridized carbons (Fsp3) is 0.176. The van der Waals surface area contributed by atoms with Gasteiger partial charge in [0.1, 0.15) is 6.33 Å². The number of anilines is 1. The van der Waals surface area contributed by atoms with Gasteiger partial charge < -0.3 is 4.57 Å². The number of hydrogen-bond donors (Lipinski definition) is 0. The standard InChI is InChI=1S/C17H15Cl2N5OS2/c1-3-6-24(15(25)9-27-17-22-20-10-23(17)2)16-21-14(8-26-16)11-4-5-12(18)13(19)7-11/h3-5,7-8,10H,1,6,9H2,2H3. The first-order valence-electron chi connectivity index (χ1n) is 7.78. The zero-order valence-corrected chi connectivity index (χ0v) is 17.4. The molecule has 3 rings (SSSR count). The predicted octanol–water partition coefficient (Wildman–Crippen LogP) is 4.56. The summed E-state index contributed by atoms with van der Waals surface area (Å²) < 4.78 is 1.77. The van der Waals surface area contributed by atoms with E-state index < -0.39 is 0 Å². The molecule has 27 heavy (non-hydrogen) atoms. The first kappa shape index (κ1) is 19.9. The smallest absolute Gasteiger partial charge is 0.239 e. The molecular formula is C17H15Cl2N5OS2. The van der Waals surface area contributed by atoms with Crippen LogP contribution in [-0.2, 0) is 11.8 Å². The Balaban J connectivity index is 1.77. The highest BCUT2D eigenvalue weighted by molar-refractivity contribution is 7.99. The monoisotopic (exact) mass is 439 g/mol. The molecule has 0 spiro atoms. The molecular weight excluding hydrogens is 425 g/mol. The van der Waals surface area contributed by atoms with Crippen LogP contribution in [0.5, 0.6) is 0 Å². The Bertz CT molecular complexity index is 972. The highest BCUT2D eigenvalue weighted by atomic mass is 35.5. The van der Waals surface area contributed by atoms with Crippen LogP contribution in [0.1, 0.15) is 0 Å². The summed E-state index contributed by atoms with van der Waals surface area (Å²) in [6.45, 7) is 4.10. The van der Waals surface area contributed by atoms with Crippen LogP contribution in [0.4, 0.5) is 5.13 Å². The van der Waals surface area contributed by atoms with Crippen molar-refractivity contribution in [3.05, 3.63) is 52.6 Å². The third-order valence-corrected chi connectivity index (χ3v) is 6.17. The minimum absolute atomic E-state index is 0.0852. The molecule has 2 aromatic heterocycles. The van der Waals surface area contributed by atoms with Crippen LogP contribution in [0.2, 0.25) is 10.0 Å². The molecule has 2 heterocycles. The summed E-state index contributed by atoms with van der Waals surface area (Å²) in [5.74, 6) is 0.139. The quantitative estimate of drug-likeness (QED) is 0.398. The van der Waals surface area contributed by atoms with Gasteiger partial charge in [-0.3, -0.25) is 9.69 Å². The van der Waals surface area contributed by atoms with Crippen molar-refractivity contribution in [2.24, 2.45) is 7.05 Å². The molecule has 3 aromatic rings. The molecule has 0 atom stereocenters. The first-order chi connectivity index (χ1) is 13.0. The Hall–Kier alpha value is -1.87. The Morgan fingerprint density at radius 2 is 2.22 bits per heavy atom. The summed E-state index contributed by atoms with van der Waals surface area (Å²) in [5.41, 5.74) is 1.57. The third kappa shape index (κ3) is 4.70. The lowest BCUT2D eigenvalue weighted by atomic mass is 10.2. The molecule has 0 saturated carbocycles. The zero-order chi connectivity index (χ0) is 19.4. The lowest BCUT2D eigenvalue weighted by Crippen LogP contribution is -2.32. The molecule has 0 aliphatic heterocycles. The molecule has 0 aliphatic carbocycles.